The minimum atomic E-state index is -1.73. The number of carbonyl (C=O) groups is 2. The predicted molar refractivity (Wildman–Crippen MR) is 79.4 cm³/mol. The number of ketones is 2. The number of ether oxygens (including phenoxy) is 2. The average molecular weight is 332 g/mol. The second-order valence-corrected chi connectivity index (χ2v) is 5.93. The standard InChI is InChI=1S/C15H12N2O5S/c1-21-13-11(18)8-4-3-5-9(10(8)12(19)14(13)22-2)23(20)15-16-6-7-17-15/h3-7H,1-2H3,(H,16,17). The van der Waals surface area contributed by atoms with Gasteiger partial charge in [0.05, 0.1) is 24.7 Å². The van der Waals surface area contributed by atoms with Crippen LogP contribution in [0.25, 0.3) is 0 Å². The van der Waals surface area contributed by atoms with Crippen LogP contribution in [0.15, 0.2) is 52.2 Å². The number of methoxy groups -OCH3 is 2. The van der Waals surface area contributed by atoms with Crippen LogP contribution in [0.2, 0.25) is 0 Å². The van der Waals surface area contributed by atoms with E-state index in [1.165, 1.54) is 38.7 Å². The van der Waals surface area contributed by atoms with E-state index >= 15 is 0 Å². The maximum atomic E-state index is 12.7. The van der Waals surface area contributed by atoms with Gasteiger partial charge in [0.15, 0.2) is 0 Å². The zero-order chi connectivity index (χ0) is 16.6. The first-order valence-electron chi connectivity index (χ1n) is 6.56. The summed E-state index contributed by atoms with van der Waals surface area (Å²) in [5.41, 5.74) is 0.176. The van der Waals surface area contributed by atoms with Crippen LogP contribution in [0.3, 0.4) is 0 Å². The van der Waals surface area contributed by atoms with Crippen molar-refractivity contribution in [1.29, 1.82) is 0 Å². The van der Waals surface area contributed by atoms with Crippen LogP contribution in [0, 0.1) is 0 Å². The molecule has 3 rings (SSSR count). The molecule has 0 spiro atoms. The number of aromatic amines is 1. The van der Waals surface area contributed by atoms with Gasteiger partial charge in [-0.25, -0.2) is 9.19 Å². The molecule has 118 valence electrons. The molecule has 23 heavy (non-hydrogen) atoms. The Kier molecular flexibility index (Phi) is 3.83. The number of hydrogen-bond acceptors (Lipinski definition) is 6. The molecule has 1 aliphatic carbocycles. The highest BCUT2D eigenvalue weighted by Gasteiger charge is 2.37. The zero-order valence-electron chi connectivity index (χ0n) is 12.3. The lowest BCUT2D eigenvalue weighted by Gasteiger charge is -2.20. The van der Waals surface area contributed by atoms with Gasteiger partial charge in [-0.1, -0.05) is 12.1 Å². The molecule has 1 aromatic carbocycles. The van der Waals surface area contributed by atoms with Crippen LogP contribution in [-0.2, 0) is 20.3 Å². The van der Waals surface area contributed by atoms with E-state index in [-0.39, 0.29) is 32.7 Å². The lowest BCUT2D eigenvalue weighted by Crippen LogP contribution is -2.25. The van der Waals surface area contributed by atoms with Gasteiger partial charge in [-0.15, -0.1) is 0 Å². The van der Waals surface area contributed by atoms with Gasteiger partial charge < -0.3 is 14.5 Å². The number of nitrogens with one attached hydrogen (secondary N) is 1. The molecule has 1 atom stereocenters. The van der Waals surface area contributed by atoms with E-state index in [1.54, 1.807) is 6.07 Å². The molecule has 0 amide bonds. The van der Waals surface area contributed by atoms with Gasteiger partial charge in [-0.3, -0.25) is 9.59 Å². The predicted octanol–water partition coefficient (Wildman–Crippen LogP) is 1.46. The third kappa shape index (κ3) is 2.27. The van der Waals surface area contributed by atoms with Crippen molar-refractivity contribution in [2.45, 2.75) is 10.1 Å². The number of hydrogen-bond donors (Lipinski definition) is 1. The SMILES string of the molecule is COC1=C(OC)C(=O)c2c(cccc2S(=O)c2ncc[nH]2)C1=O. The Morgan fingerprint density at radius 1 is 1.09 bits per heavy atom. The first-order chi connectivity index (χ1) is 11.1. The zero-order valence-corrected chi connectivity index (χ0v) is 13.1. The number of benzene rings is 1. The van der Waals surface area contributed by atoms with E-state index in [1.807, 2.05) is 0 Å². The third-order valence-electron chi connectivity index (χ3n) is 3.37. The van der Waals surface area contributed by atoms with E-state index in [0.29, 0.717) is 0 Å². The largest absolute Gasteiger partial charge is 0.489 e. The smallest absolute Gasteiger partial charge is 0.233 e. The van der Waals surface area contributed by atoms with E-state index in [0.717, 1.165) is 0 Å². The fourth-order valence-electron chi connectivity index (χ4n) is 2.38. The van der Waals surface area contributed by atoms with Crippen LogP contribution in [0.4, 0.5) is 0 Å². The fraction of sp³-hybridized carbons (Fsp3) is 0.133. The molecule has 0 saturated heterocycles. The summed E-state index contributed by atoms with van der Waals surface area (Å²) >= 11 is 0. The molecule has 1 heterocycles. The molecule has 7 nitrogen and oxygen atoms in total. The summed E-state index contributed by atoms with van der Waals surface area (Å²) in [6.45, 7) is 0. The van der Waals surface area contributed by atoms with Gasteiger partial charge in [-0.2, -0.15) is 0 Å². The topological polar surface area (TPSA) is 98.3 Å². The molecule has 1 unspecified atom stereocenters. The summed E-state index contributed by atoms with van der Waals surface area (Å²) in [5.74, 6) is -1.40. The second-order valence-electron chi connectivity index (χ2n) is 4.57. The van der Waals surface area contributed by atoms with E-state index in [9.17, 15) is 13.8 Å². The highest BCUT2D eigenvalue weighted by atomic mass is 32.2. The van der Waals surface area contributed by atoms with Crippen LogP contribution < -0.4 is 0 Å². The molecule has 0 fully saturated rings. The summed E-state index contributed by atoms with van der Waals surface area (Å²) in [5, 5.41) is 0.194. The Bertz CT molecular complexity index is 855. The monoisotopic (exact) mass is 332 g/mol. The molecule has 1 aliphatic rings. The normalized spacial score (nSPS) is 15.4. The summed E-state index contributed by atoms with van der Waals surface area (Å²) in [6.07, 6.45) is 2.98. The van der Waals surface area contributed by atoms with E-state index < -0.39 is 22.4 Å². The van der Waals surface area contributed by atoms with Crippen molar-refractivity contribution in [2.24, 2.45) is 0 Å². The molecule has 0 aliphatic heterocycles. The van der Waals surface area contributed by atoms with Crippen molar-refractivity contribution < 1.29 is 23.3 Å². The van der Waals surface area contributed by atoms with E-state index in [4.69, 9.17) is 9.47 Å². The average Bonchev–Trinajstić information content (AvgIpc) is 3.11. The van der Waals surface area contributed by atoms with Gasteiger partial charge in [0.1, 0.15) is 10.8 Å². The first kappa shape index (κ1) is 15.2. The number of allylic oxidation sites excluding steroid dienone is 2. The van der Waals surface area contributed by atoms with Crippen LogP contribution >= 0.6 is 0 Å². The number of H-pyrrole nitrogens is 1. The van der Waals surface area contributed by atoms with Crippen molar-refractivity contribution in [3.8, 4) is 0 Å². The Hall–Kier alpha value is -2.74. The lowest BCUT2D eigenvalue weighted by molar-refractivity contribution is 0.0826. The number of nitrogens with zero attached hydrogens (tertiary/aromatic N) is 1. The van der Waals surface area contributed by atoms with Crippen molar-refractivity contribution in [3.05, 3.63) is 53.2 Å². The van der Waals surface area contributed by atoms with Crippen LogP contribution in [0.5, 0.6) is 0 Å². The minimum absolute atomic E-state index is 0.0462. The molecule has 0 bridgehead atoms. The molecule has 1 aromatic heterocycles. The lowest BCUT2D eigenvalue weighted by atomic mass is 9.92. The van der Waals surface area contributed by atoms with E-state index in [2.05, 4.69) is 9.97 Å². The summed E-state index contributed by atoms with van der Waals surface area (Å²) in [4.78, 5) is 32.0. The summed E-state index contributed by atoms with van der Waals surface area (Å²) in [7, 11) is 0.832. The molecular weight excluding hydrogens is 320 g/mol. The second kappa shape index (κ2) is 5.81. The Morgan fingerprint density at radius 3 is 2.39 bits per heavy atom. The van der Waals surface area contributed by atoms with Gasteiger partial charge >= 0.3 is 0 Å². The van der Waals surface area contributed by atoms with Crippen molar-refractivity contribution in [1.82, 2.24) is 9.97 Å². The van der Waals surface area contributed by atoms with Crippen LogP contribution in [0.1, 0.15) is 20.7 Å². The number of carbonyl (C=O) groups excluding carboxylic acids is 2. The number of fused-ring (bicyclic) bond motifs is 1. The van der Waals surface area contributed by atoms with Gasteiger partial charge in [-0.05, 0) is 6.07 Å². The summed E-state index contributed by atoms with van der Waals surface area (Å²) in [6, 6.07) is 4.57. The number of rotatable bonds is 4. The molecule has 2 aromatic rings. The molecular formula is C15H12N2O5S. The summed E-state index contributed by atoms with van der Waals surface area (Å²) < 4.78 is 22.7. The Labute approximate surface area is 133 Å². The Morgan fingerprint density at radius 2 is 1.78 bits per heavy atom. The van der Waals surface area contributed by atoms with Gasteiger partial charge in [0.25, 0.3) is 0 Å². The van der Waals surface area contributed by atoms with Gasteiger partial charge in [0.2, 0.25) is 28.2 Å². The third-order valence-corrected chi connectivity index (χ3v) is 4.69. The molecule has 0 radical (unpaired) electrons. The molecule has 1 N–H and O–H groups in total. The molecule has 8 heteroatoms. The number of Topliss-reactive ketones (excluding diaryl/α,β-unsaturated/α-hetero) is 2. The highest BCUT2D eigenvalue weighted by molar-refractivity contribution is 7.85. The quantitative estimate of drug-likeness (QED) is 0.910. The minimum Gasteiger partial charge on any atom is -0.489 e. The van der Waals surface area contributed by atoms with Crippen molar-refractivity contribution in [2.75, 3.05) is 14.2 Å². The number of imidazole rings is 1. The van der Waals surface area contributed by atoms with Crippen molar-refractivity contribution >= 4 is 22.4 Å². The highest BCUT2D eigenvalue weighted by Crippen LogP contribution is 2.31. The van der Waals surface area contributed by atoms with Gasteiger partial charge in [0, 0.05) is 18.0 Å². The molecule has 0 saturated carbocycles. The van der Waals surface area contributed by atoms with Crippen molar-refractivity contribution in [3.63, 3.8) is 0 Å². The maximum Gasteiger partial charge on any atom is 0.233 e. The van der Waals surface area contributed by atoms with Crippen LogP contribution in [-0.4, -0.2) is 40.0 Å². The number of aromatic nitrogens is 2. The maximum absolute atomic E-state index is 12.7. The Balaban J connectivity index is 2.22. The fourth-order valence-corrected chi connectivity index (χ4v) is 3.51. The first-order valence-corrected chi connectivity index (χ1v) is 7.71.